The molecular weight excluding hydrogens is 414 g/mol. The first-order chi connectivity index (χ1) is 16.0. The summed E-state index contributed by atoms with van der Waals surface area (Å²) in [5, 5.41) is 3.21. The normalized spacial score (nSPS) is 25.0. The van der Waals surface area contributed by atoms with Gasteiger partial charge in [0, 0.05) is 38.1 Å². The van der Waals surface area contributed by atoms with Gasteiger partial charge in [-0.3, -0.25) is 14.5 Å². The molecule has 6 heteroatoms. The Morgan fingerprint density at radius 2 is 1.82 bits per heavy atom. The third-order valence-corrected chi connectivity index (χ3v) is 6.94. The van der Waals surface area contributed by atoms with Crippen LogP contribution in [0.25, 0.3) is 0 Å². The van der Waals surface area contributed by atoms with Crippen LogP contribution in [0.4, 0.5) is 0 Å². The molecule has 2 saturated heterocycles. The molecule has 33 heavy (non-hydrogen) atoms. The van der Waals surface area contributed by atoms with Crippen molar-refractivity contribution in [1.82, 2.24) is 15.1 Å². The van der Waals surface area contributed by atoms with Crippen molar-refractivity contribution in [3.05, 3.63) is 71.8 Å². The van der Waals surface area contributed by atoms with E-state index in [0.717, 1.165) is 30.9 Å². The number of amides is 2. The number of nitrogens with zero attached hydrogens (tertiary/aromatic N) is 2. The first-order valence-electron chi connectivity index (χ1n) is 12.0. The zero-order chi connectivity index (χ0) is 23.2. The van der Waals surface area contributed by atoms with Crippen molar-refractivity contribution < 1.29 is 14.3 Å². The van der Waals surface area contributed by atoms with Crippen molar-refractivity contribution in [3.63, 3.8) is 0 Å². The van der Waals surface area contributed by atoms with Gasteiger partial charge >= 0.3 is 0 Å². The van der Waals surface area contributed by atoms with Crippen LogP contribution in [0.1, 0.15) is 43.9 Å². The lowest BCUT2D eigenvalue weighted by Crippen LogP contribution is -2.53. The first-order valence-corrected chi connectivity index (χ1v) is 12.0. The minimum Gasteiger partial charge on any atom is -0.379 e. The van der Waals surface area contributed by atoms with E-state index in [1.165, 1.54) is 0 Å². The zero-order valence-electron chi connectivity index (χ0n) is 19.7. The van der Waals surface area contributed by atoms with Gasteiger partial charge in [0.2, 0.25) is 11.8 Å². The fourth-order valence-corrected chi connectivity index (χ4v) is 5.15. The number of nitrogens with one attached hydrogen (secondary N) is 1. The summed E-state index contributed by atoms with van der Waals surface area (Å²) in [7, 11) is 0. The van der Waals surface area contributed by atoms with Gasteiger partial charge in [-0.05, 0) is 31.4 Å². The van der Waals surface area contributed by atoms with Gasteiger partial charge in [-0.2, -0.15) is 0 Å². The monoisotopic (exact) mass is 449 g/mol. The Balaban J connectivity index is 1.51. The van der Waals surface area contributed by atoms with Gasteiger partial charge in [0.15, 0.2) is 0 Å². The zero-order valence-corrected chi connectivity index (χ0v) is 19.7. The van der Waals surface area contributed by atoms with Crippen molar-refractivity contribution in [2.75, 3.05) is 26.3 Å². The lowest BCUT2D eigenvalue weighted by molar-refractivity contribution is -0.144. The van der Waals surface area contributed by atoms with E-state index in [9.17, 15) is 9.59 Å². The maximum absolute atomic E-state index is 13.5. The molecule has 2 fully saturated rings. The Hall–Kier alpha value is -2.70. The molecule has 0 aliphatic carbocycles. The molecule has 4 rings (SSSR count). The fraction of sp³-hybridized carbons (Fsp3) is 0.481. The molecule has 1 N–H and O–H groups in total. The molecule has 4 atom stereocenters. The van der Waals surface area contributed by atoms with Gasteiger partial charge in [-0.25, -0.2) is 0 Å². The topological polar surface area (TPSA) is 61.9 Å². The van der Waals surface area contributed by atoms with E-state index in [-0.39, 0.29) is 29.8 Å². The Kier molecular flexibility index (Phi) is 7.78. The van der Waals surface area contributed by atoms with Crippen molar-refractivity contribution in [3.8, 4) is 0 Å². The number of ether oxygens (including phenoxy) is 1. The molecule has 2 heterocycles. The van der Waals surface area contributed by atoms with Gasteiger partial charge in [-0.1, -0.05) is 60.7 Å². The highest BCUT2D eigenvalue weighted by atomic mass is 16.5. The maximum Gasteiger partial charge on any atom is 0.225 e. The minimum atomic E-state index is -0.275. The molecule has 6 nitrogen and oxygen atoms in total. The summed E-state index contributed by atoms with van der Waals surface area (Å²) in [5.74, 6) is -0.141. The van der Waals surface area contributed by atoms with Crippen LogP contribution in [0, 0.1) is 5.92 Å². The number of hydrogen-bond donors (Lipinski definition) is 1. The lowest BCUT2D eigenvalue weighted by Gasteiger charge is -2.41. The van der Waals surface area contributed by atoms with Gasteiger partial charge in [0.1, 0.15) is 0 Å². The Morgan fingerprint density at radius 3 is 2.52 bits per heavy atom. The average Bonchev–Trinajstić information content (AvgIpc) is 2.85. The van der Waals surface area contributed by atoms with Crippen LogP contribution in [0.15, 0.2) is 60.7 Å². The van der Waals surface area contributed by atoms with Crippen LogP contribution in [0.5, 0.6) is 0 Å². The highest BCUT2D eigenvalue weighted by molar-refractivity contribution is 5.85. The fourth-order valence-electron chi connectivity index (χ4n) is 5.15. The van der Waals surface area contributed by atoms with Crippen LogP contribution in [0.3, 0.4) is 0 Å². The second-order valence-electron chi connectivity index (χ2n) is 9.26. The summed E-state index contributed by atoms with van der Waals surface area (Å²) in [4.78, 5) is 30.8. The number of carbonyl (C=O) groups is 2. The number of piperidine rings is 1. The van der Waals surface area contributed by atoms with Crippen molar-refractivity contribution in [1.29, 1.82) is 0 Å². The van der Waals surface area contributed by atoms with Crippen LogP contribution in [0.2, 0.25) is 0 Å². The van der Waals surface area contributed by atoms with E-state index in [4.69, 9.17) is 4.74 Å². The Labute approximate surface area is 196 Å². The lowest BCUT2D eigenvalue weighted by atomic mass is 9.83. The highest BCUT2D eigenvalue weighted by Gasteiger charge is 2.40. The van der Waals surface area contributed by atoms with E-state index in [1.807, 2.05) is 65.6 Å². The molecule has 2 aromatic carbocycles. The summed E-state index contributed by atoms with van der Waals surface area (Å²) >= 11 is 0. The van der Waals surface area contributed by atoms with E-state index >= 15 is 0 Å². The molecule has 2 aliphatic rings. The minimum absolute atomic E-state index is 0.0298. The molecule has 0 bridgehead atoms. The highest BCUT2D eigenvalue weighted by Crippen LogP contribution is 2.38. The van der Waals surface area contributed by atoms with Crippen LogP contribution in [-0.2, 0) is 20.9 Å². The number of likely N-dealkylation sites (tertiary alicyclic amines) is 1. The third kappa shape index (κ3) is 5.63. The van der Waals surface area contributed by atoms with E-state index in [1.54, 1.807) is 0 Å². The summed E-state index contributed by atoms with van der Waals surface area (Å²) in [6.07, 6.45) is 0.960. The summed E-state index contributed by atoms with van der Waals surface area (Å²) in [6.45, 7) is 7.76. The molecule has 2 aromatic rings. The molecule has 0 radical (unpaired) electrons. The van der Waals surface area contributed by atoms with Crippen molar-refractivity contribution in [2.45, 2.75) is 51.4 Å². The number of hydrogen-bond acceptors (Lipinski definition) is 4. The molecular formula is C27H35N3O3. The van der Waals surface area contributed by atoms with Crippen LogP contribution in [-0.4, -0.2) is 60.0 Å². The predicted octanol–water partition coefficient (Wildman–Crippen LogP) is 3.39. The molecule has 0 saturated carbocycles. The summed E-state index contributed by atoms with van der Waals surface area (Å²) in [6, 6.07) is 20.3. The second kappa shape index (κ2) is 10.9. The van der Waals surface area contributed by atoms with E-state index in [0.29, 0.717) is 32.0 Å². The molecule has 4 unspecified atom stereocenters. The van der Waals surface area contributed by atoms with Crippen LogP contribution >= 0.6 is 0 Å². The second-order valence-corrected chi connectivity index (χ2v) is 9.26. The largest absolute Gasteiger partial charge is 0.379 e. The Bertz CT molecular complexity index is 921. The molecule has 0 aromatic heterocycles. The van der Waals surface area contributed by atoms with Gasteiger partial charge < -0.3 is 15.0 Å². The summed E-state index contributed by atoms with van der Waals surface area (Å²) in [5.41, 5.74) is 2.08. The van der Waals surface area contributed by atoms with Crippen LogP contribution < -0.4 is 5.32 Å². The van der Waals surface area contributed by atoms with Gasteiger partial charge in [0.05, 0.1) is 25.2 Å². The smallest absolute Gasteiger partial charge is 0.225 e. The third-order valence-electron chi connectivity index (χ3n) is 6.94. The molecule has 2 amide bonds. The van der Waals surface area contributed by atoms with Gasteiger partial charge in [-0.15, -0.1) is 0 Å². The maximum atomic E-state index is 13.5. The molecule has 176 valence electrons. The SMILES string of the molecule is CC(CNC(=O)C1CCC(=O)N(Cc2ccccc2)C1c1ccccc1)N1CCOCC1C. The standard InChI is InChI=1S/C27H35N3O3/c1-20(29-15-16-33-19-21(29)2)17-28-27(32)24-13-14-25(31)30(18-22-9-5-3-6-10-22)26(24)23-11-7-4-8-12-23/h3-12,20-21,24,26H,13-19H2,1-2H3,(H,28,32). The molecule has 2 aliphatic heterocycles. The van der Waals surface area contributed by atoms with E-state index in [2.05, 4.69) is 24.1 Å². The van der Waals surface area contributed by atoms with Crippen molar-refractivity contribution >= 4 is 11.8 Å². The average molecular weight is 450 g/mol. The van der Waals surface area contributed by atoms with E-state index < -0.39 is 0 Å². The number of benzene rings is 2. The molecule has 0 spiro atoms. The predicted molar refractivity (Wildman–Crippen MR) is 128 cm³/mol. The first kappa shape index (κ1) is 23.5. The number of rotatable bonds is 7. The van der Waals surface area contributed by atoms with Crippen molar-refractivity contribution in [2.24, 2.45) is 5.92 Å². The number of morpholine rings is 1. The van der Waals surface area contributed by atoms with Gasteiger partial charge in [0.25, 0.3) is 0 Å². The quantitative estimate of drug-likeness (QED) is 0.704. The summed E-state index contributed by atoms with van der Waals surface area (Å²) < 4.78 is 5.55. The Morgan fingerprint density at radius 1 is 1.12 bits per heavy atom. The number of carbonyl (C=O) groups excluding carboxylic acids is 2.